The van der Waals surface area contributed by atoms with Crippen LogP contribution in [-0.2, 0) is 0 Å². The van der Waals surface area contributed by atoms with Crippen molar-refractivity contribution in [2.45, 2.75) is 78.9 Å². The van der Waals surface area contributed by atoms with E-state index in [1.165, 1.54) is 0 Å². The van der Waals surface area contributed by atoms with Crippen LogP contribution in [0.5, 0.6) is 0 Å². The minimum atomic E-state index is -0.387. The van der Waals surface area contributed by atoms with Crippen molar-refractivity contribution >= 4 is 17.5 Å². The molecule has 2 amide bonds. The molecule has 5 heteroatoms. The van der Waals surface area contributed by atoms with Crippen molar-refractivity contribution in [1.29, 1.82) is 0 Å². The number of hydrogen-bond donors (Lipinski definition) is 3. The fourth-order valence-corrected chi connectivity index (χ4v) is 2.26. The minimum Gasteiger partial charge on any atom is -0.380 e. The summed E-state index contributed by atoms with van der Waals surface area (Å²) in [6, 6.07) is 5.27. The highest BCUT2D eigenvalue weighted by Gasteiger charge is 2.24. The van der Waals surface area contributed by atoms with E-state index in [1.807, 2.05) is 68.4 Å². The Labute approximate surface area is 152 Å². The second-order valence-electron chi connectivity index (χ2n) is 9.54. The maximum absolute atomic E-state index is 12.8. The van der Waals surface area contributed by atoms with Crippen LogP contribution in [0.1, 0.15) is 83.0 Å². The van der Waals surface area contributed by atoms with Gasteiger partial charge in [-0.2, -0.15) is 0 Å². The maximum atomic E-state index is 12.8. The van der Waals surface area contributed by atoms with Crippen LogP contribution in [0.2, 0.25) is 0 Å². The van der Waals surface area contributed by atoms with Crippen LogP contribution in [0.15, 0.2) is 18.2 Å². The Kier molecular flexibility index (Phi) is 5.93. The molecule has 0 heterocycles. The molecule has 0 saturated carbocycles. The Bertz CT molecular complexity index is 644. The van der Waals surface area contributed by atoms with Gasteiger partial charge in [0, 0.05) is 22.3 Å². The van der Waals surface area contributed by atoms with Gasteiger partial charge in [0.05, 0.1) is 11.1 Å². The standard InChI is InChI=1S/C20H33N3O2/c1-18(2,3)21-13-10-11-14(16(24)22-19(4,5)6)15(12-13)17(25)23-20(7,8)9/h10-12,21H,1-9H3,(H,22,24)(H,23,25). The fourth-order valence-electron chi connectivity index (χ4n) is 2.26. The summed E-state index contributed by atoms with van der Waals surface area (Å²) in [4.78, 5) is 25.4. The molecule has 0 atom stereocenters. The molecular weight excluding hydrogens is 314 g/mol. The molecule has 1 aromatic carbocycles. The molecule has 0 aliphatic rings. The van der Waals surface area contributed by atoms with Gasteiger partial charge in [-0.3, -0.25) is 9.59 Å². The largest absolute Gasteiger partial charge is 0.380 e. The van der Waals surface area contributed by atoms with Crippen molar-refractivity contribution in [3.8, 4) is 0 Å². The zero-order chi connectivity index (χ0) is 19.6. The summed E-state index contributed by atoms with van der Waals surface area (Å²) in [6.45, 7) is 17.6. The normalized spacial score (nSPS) is 12.5. The number of amides is 2. The highest BCUT2D eigenvalue weighted by molar-refractivity contribution is 6.08. The zero-order valence-corrected chi connectivity index (χ0v) is 17.0. The second-order valence-corrected chi connectivity index (χ2v) is 9.54. The second kappa shape index (κ2) is 7.06. The van der Waals surface area contributed by atoms with E-state index in [0.29, 0.717) is 11.1 Å². The molecule has 0 aromatic heterocycles. The number of benzene rings is 1. The fraction of sp³-hybridized carbons (Fsp3) is 0.600. The van der Waals surface area contributed by atoms with E-state index >= 15 is 0 Å². The monoisotopic (exact) mass is 347 g/mol. The van der Waals surface area contributed by atoms with Crippen LogP contribution in [-0.4, -0.2) is 28.4 Å². The van der Waals surface area contributed by atoms with Crippen molar-refractivity contribution in [2.75, 3.05) is 5.32 Å². The molecule has 0 unspecified atom stereocenters. The summed E-state index contributed by atoms with van der Waals surface area (Å²) in [5.41, 5.74) is 0.632. The van der Waals surface area contributed by atoms with Gasteiger partial charge in [0.2, 0.25) is 0 Å². The molecule has 0 bridgehead atoms. The molecule has 0 spiro atoms. The molecule has 25 heavy (non-hydrogen) atoms. The third-order valence-corrected chi connectivity index (χ3v) is 3.01. The Balaban J connectivity index is 3.31. The van der Waals surface area contributed by atoms with Crippen molar-refractivity contribution in [3.05, 3.63) is 29.3 Å². The quantitative estimate of drug-likeness (QED) is 0.775. The number of hydrogen-bond acceptors (Lipinski definition) is 3. The molecule has 1 rings (SSSR count). The van der Waals surface area contributed by atoms with Crippen molar-refractivity contribution in [2.24, 2.45) is 0 Å². The number of carbonyl (C=O) groups excluding carboxylic acids is 2. The lowest BCUT2D eigenvalue weighted by Crippen LogP contribution is -2.43. The summed E-state index contributed by atoms with van der Waals surface area (Å²) >= 11 is 0. The van der Waals surface area contributed by atoms with Gasteiger partial charge in [-0.05, 0) is 80.5 Å². The number of rotatable bonds is 3. The highest BCUT2D eigenvalue weighted by Crippen LogP contribution is 2.21. The SMILES string of the molecule is CC(C)(C)NC(=O)c1ccc(NC(C)(C)C)cc1C(=O)NC(C)(C)C. The molecule has 0 radical (unpaired) electrons. The minimum absolute atomic E-state index is 0.146. The first-order chi connectivity index (χ1) is 11.1. The van der Waals surface area contributed by atoms with Crippen LogP contribution < -0.4 is 16.0 Å². The first kappa shape index (κ1) is 21.0. The van der Waals surface area contributed by atoms with Crippen molar-refractivity contribution in [1.82, 2.24) is 10.6 Å². The van der Waals surface area contributed by atoms with Gasteiger partial charge >= 0.3 is 0 Å². The number of nitrogens with one attached hydrogen (secondary N) is 3. The van der Waals surface area contributed by atoms with E-state index in [-0.39, 0.29) is 28.4 Å². The van der Waals surface area contributed by atoms with Gasteiger partial charge in [-0.25, -0.2) is 0 Å². The van der Waals surface area contributed by atoms with E-state index in [4.69, 9.17) is 0 Å². The predicted octanol–water partition coefficient (Wildman–Crippen LogP) is 3.95. The van der Waals surface area contributed by atoms with E-state index in [2.05, 4.69) is 16.0 Å². The molecular formula is C20H33N3O2. The van der Waals surface area contributed by atoms with Crippen molar-refractivity contribution in [3.63, 3.8) is 0 Å². The van der Waals surface area contributed by atoms with E-state index in [1.54, 1.807) is 12.1 Å². The lowest BCUT2D eigenvalue weighted by molar-refractivity contribution is 0.0883. The summed E-state index contributed by atoms with van der Waals surface area (Å²) in [7, 11) is 0. The van der Waals surface area contributed by atoms with Crippen LogP contribution in [0, 0.1) is 0 Å². The predicted molar refractivity (Wildman–Crippen MR) is 104 cm³/mol. The maximum Gasteiger partial charge on any atom is 0.252 e. The van der Waals surface area contributed by atoms with Gasteiger partial charge in [0.25, 0.3) is 11.8 Å². The smallest absolute Gasteiger partial charge is 0.252 e. The number of anilines is 1. The summed E-state index contributed by atoms with van der Waals surface area (Å²) in [6.07, 6.45) is 0. The van der Waals surface area contributed by atoms with Crippen LogP contribution in [0.3, 0.4) is 0 Å². The highest BCUT2D eigenvalue weighted by atomic mass is 16.2. The average molecular weight is 348 g/mol. The van der Waals surface area contributed by atoms with Gasteiger partial charge in [-0.1, -0.05) is 0 Å². The number of carbonyl (C=O) groups is 2. The van der Waals surface area contributed by atoms with Gasteiger partial charge < -0.3 is 16.0 Å². The summed E-state index contributed by atoms with van der Waals surface area (Å²) < 4.78 is 0. The van der Waals surface area contributed by atoms with Crippen LogP contribution in [0.4, 0.5) is 5.69 Å². The molecule has 140 valence electrons. The van der Waals surface area contributed by atoms with Crippen molar-refractivity contribution < 1.29 is 9.59 Å². The van der Waals surface area contributed by atoms with Crippen LogP contribution in [0.25, 0.3) is 0 Å². The van der Waals surface area contributed by atoms with E-state index in [0.717, 1.165) is 5.69 Å². The molecule has 3 N–H and O–H groups in total. The Morgan fingerprint density at radius 2 is 1.12 bits per heavy atom. The third-order valence-electron chi connectivity index (χ3n) is 3.01. The summed E-state index contributed by atoms with van der Waals surface area (Å²) in [5.74, 6) is -0.516. The first-order valence-electron chi connectivity index (χ1n) is 8.65. The molecule has 0 aliphatic heterocycles. The molecule has 0 fully saturated rings. The van der Waals surface area contributed by atoms with E-state index in [9.17, 15) is 9.59 Å². The lowest BCUT2D eigenvalue weighted by atomic mass is 10.00. The molecule has 0 aliphatic carbocycles. The Morgan fingerprint density at radius 1 is 0.680 bits per heavy atom. The lowest BCUT2D eigenvalue weighted by Gasteiger charge is -2.26. The first-order valence-corrected chi connectivity index (χ1v) is 8.65. The zero-order valence-electron chi connectivity index (χ0n) is 17.0. The molecule has 5 nitrogen and oxygen atoms in total. The Morgan fingerprint density at radius 3 is 1.52 bits per heavy atom. The van der Waals surface area contributed by atoms with E-state index < -0.39 is 0 Å². The summed E-state index contributed by atoms with van der Waals surface area (Å²) in [5, 5.41) is 9.20. The van der Waals surface area contributed by atoms with Gasteiger partial charge in [-0.15, -0.1) is 0 Å². The molecule has 0 saturated heterocycles. The van der Waals surface area contributed by atoms with Gasteiger partial charge in [0.15, 0.2) is 0 Å². The van der Waals surface area contributed by atoms with Gasteiger partial charge in [0.1, 0.15) is 0 Å². The van der Waals surface area contributed by atoms with Crippen LogP contribution >= 0.6 is 0 Å². The average Bonchev–Trinajstić information content (AvgIpc) is 2.32. The topological polar surface area (TPSA) is 70.2 Å². The molecule has 1 aromatic rings. The third kappa shape index (κ3) is 7.59. The Hall–Kier alpha value is -2.04.